The van der Waals surface area contributed by atoms with Crippen molar-refractivity contribution in [1.29, 1.82) is 0 Å². The first-order valence-corrected chi connectivity index (χ1v) is 6.90. The van der Waals surface area contributed by atoms with E-state index in [2.05, 4.69) is 0 Å². The SMILES string of the molecule is CC(C)[NH+]=C(NS(=O)(=O)c1ccccc1)C(F)(F)F. The summed E-state index contributed by atoms with van der Waals surface area (Å²) >= 11 is 0. The first-order chi connectivity index (χ1) is 8.63. The number of rotatable bonds is 3. The molecule has 0 aliphatic heterocycles. The van der Waals surface area contributed by atoms with Crippen LogP contribution in [0.1, 0.15) is 13.8 Å². The molecule has 0 heterocycles. The number of benzene rings is 1. The van der Waals surface area contributed by atoms with Crippen LogP contribution in [0.25, 0.3) is 0 Å². The lowest BCUT2D eigenvalue weighted by molar-refractivity contribution is -0.503. The Balaban J connectivity index is 3.11. The van der Waals surface area contributed by atoms with Crippen LogP contribution in [0.5, 0.6) is 0 Å². The smallest absolute Gasteiger partial charge is 0.267 e. The van der Waals surface area contributed by atoms with E-state index in [9.17, 15) is 21.6 Å². The van der Waals surface area contributed by atoms with Crippen molar-refractivity contribution in [3.63, 3.8) is 0 Å². The fourth-order valence-electron chi connectivity index (χ4n) is 1.25. The minimum absolute atomic E-state index is 0.234. The summed E-state index contributed by atoms with van der Waals surface area (Å²) in [5.41, 5.74) is 0. The predicted octanol–water partition coefficient (Wildman–Crippen LogP) is 0.415. The van der Waals surface area contributed by atoms with Crippen LogP contribution in [0.3, 0.4) is 0 Å². The van der Waals surface area contributed by atoms with Gasteiger partial charge in [0.1, 0.15) is 4.90 Å². The number of sulfonamides is 1. The second kappa shape index (κ2) is 5.60. The number of amidine groups is 1. The summed E-state index contributed by atoms with van der Waals surface area (Å²) < 4.78 is 63.2. The van der Waals surface area contributed by atoms with Gasteiger partial charge in [0.2, 0.25) is 0 Å². The van der Waals surface area contributed by atoms with Crippen molar-refractivity contribution in [3.05, 3.63) is 30.3 Å². The van der Waals surface area contributed by atoms with E-state index in [1.165, 1.54) is 42.8 Å². The standard InChI is InChI=1S/C11H13F3N2O2S/c1-8(2)15-10(11(12,13)14)16-19(17,18)9-6-4-3-5-7-9/h3-8H,1-2H3,(H,15,16)/p+1. The van der Waals surface area contributed by atoms with Crippen LogP contribution in [0.2, 0.25) is 0 Å². The van der Waals surface area contributed by atoms with Gasteiger partial charge in [0, 0.05) is 0 Å². The van der Waals surface area contributed by atoms with Crippen LogP contribution >= 0.6 is 0 Å². The summed E-state index contributed by atoms with van der Waals surface area (Å²) in [5, 5.41) is 0. The summed E-state index contributed by atoms with van der Waals surface area (Å²) in [6, 6.07) is 6.29. The first-order valence-electron chi connectivity index (χ1n) is 5.41. The summed E-state index contributed by atoms with van der Waals surface area (Å²) in [6.45, 7) is 2.95. The van der Waals surface area contributed by atoms with Crippen molar-refractivity contribution in [3.8, 4) is 0 Å². The highest BCUT2D eigenvalue weighted by Gasteiger charge is 2.45. The van der Waals surface area contributed by atoms with Gasteiger partial charge < -0.3 is 0 Å². The number of halogens is 3. The molecule has 0 aliphatic carbocycles. The van der Waals surface area contributed by atoms with E-state index < -0.39 is 28.1 Å². The third-order valence-corrected chi connectivity index (χ3v) is 3.37. The van der Waals surface area contributed by atoms with E-state index in [0.717, 1.165) is 0 Å². The highest BCUT2D eigenvalue weighted by Crippen LogP contribution is 2.15. The van der Waals surface area contributed by atoms with E-state index in [0.29, 0.717) is 0 Å². The summed E-state index contributed by atoms with van der Waals surface area (Å²) in [4.78, 5) is 1.81. The maximum absolute atomic E-state index is 12.7. The van der Waals surface area contributed by atoms with Gasteiger partial charge in [0.05, 0.1) is 6.04 Å². The monoisotopic (exact) mass is 295 g/mol. The fraction of sp³-hybridized carbons (Fsp3) is 0.364. The molecular formula is C11H14F3N2O2S+. The molecule has 0 amide bonds. The number of alkyl halides is 3. The number of hydrogen-bond donors (Lipinski definition) is 2. The van der Waals surface area contributed by atoms with Crippen LogP contribution in [0.15, 0.2) is 35.2 Å². The van der Waals surface area contributed by atoms with Crippen LogP contribution in [0.4, 0.5) is 13.2 Å². The Labute approximate surface area is 109 Å². The van der Waals surface area contributed by atoms with Gasteiger partial charge in [0.15, 0.2) is 0 Å². The minimum Gasteiger partial charge on any atom is -0.267 e. The predicted molar refractivity (Wildman–Crippen MR) is 63.9 cm³/mol. The van der Waals surface area contributed by atoms with Gasteiger partial charge >= 0.3 is 22.0 Å². The molecule has 0 fully saturated rings. The summed E-state index contributed by atoms with van der Waals surface area (Å²) in [5.74, 6) is -1.40. The van der Waals surface area contributed by atoms with Gasteiger partial charge in [-0.3, -0.25) is 4.99 Å². The van der Waals surface area contributed by atoms with E-state index in [4.69, 9.17) is 0 Å². The average molecular weight is 295 g/mol. The van der Waals surface area contributed by atoms with Gasteiger partial charge in [-0.1, -0.05) is 18.2 Å². The lowest BCUT2D eigenvalue weighted by Gasteiger charge is -2.08. The van der Waals surface area contributed by atoms with E-state index >= 15 is 0 Å². The zero-order valence-corrected chi connectivity index (χ0v) is 11.1. The molecule has 1 aromatic rings. The molecule has 19 heavy (non-hydrogen) atoms. The van der Waals surface area contributed by atoms with E-state index in [-0.39, 0.29) is 4.90 Å². The molecular weight excluding hydrogens is 281 g/mol. The maximum Gasteiger partial charge on any atom is 0.495 e. The molecule has 0 spiro atoms. The molecule has 1 aromatic carbocycles. The molecule has 2 N–H and O–H groups in total. The Morgan fingerprint density at radius 2 is 1.74 bits per heavy atom. The van der Waals surface area contributed by atoms with Crippen LogP contribution < -0.4 is 9.71 Å². The Morgan fingerprint density at radius 3 is 2.16 bits per heavy atom. The van der Waals surface area contributed by atoms with Crippen LogP contribution in [-0.4, -0.2) is 26.5 Å². The highest BCUT2D eigenvalue weighted by molar-refractivity contribution is 7.90. The third kappa shape index (κ3) is 4.55. The van der Waals surface area contributed by atoms with Crippen molar-refractivity contribution in [2.45, 2.75) is 31.0 Å². The van der Waals surface area contributed by atoms with Crippen molar-refractivity contribution in [2.24, 2.45) is 0 Å². The van der Waals surface area contributed by atoms with Crippen molar-refractivity contribution >= 4 is 15.9 Å². The molecule has 0 aromatic heterocycles. The topological polar surface area (TPSA) is 60.1 Å². The molecule has 0 saturated carbocycles. The minimum atomic E-state index is -4.80. The fourth-order valence-corrected chi connectivity index (χ4v) is 2.33. The van der Waals surface area contributed by atoms with Gasteiger partial charge in [-0.05, 0) is 26.0 Å². The lowest BCUT2D eigenvalue weighted by Crippen LogP contribution is -2.83. The molecule has 0 atom stereocenters. The van der Waals surface area contributed by atoms with Gasteiger partial charge in [-0.2, -0.15) is 26.3 Å². The van der Waals surface area contributed by atoms with Gasteiger partial charge in [-0.25, -0.2) is 0 Å². The molecule has 8 heteroatoms. The van der Waals surface area contributed by atoms with Crippen LogP contribution in [0, 0.1) is 0 Å². The zero-order chi connectivity index (χ0) is 14.7. The largest absolute Gasteiger partial charge is 0.495 e. The molecule has 0 aliphatic rings. The second-order valence-electron chi connectivity index (χ2n) is 4.09. The van der Waals surface area contributed by atoms with Crippen molar-refractivity contribution in [2.75, 3.05) is 0 Å². The Morgan fingerprint density at radius 1 is 1.21 bits per heavy atom. The molecule has 0 unspecified atom stereocenters. The Kier molecular flexibility index (Phi) is 4.56. The van der Waals surface area contributed by atoms with Crippen molar-refractivity contribution < 1.29 is 26.6 Å². The van der Waals surface area contributed by atoms with Crippen LogP contribution in [-0.2, 0) is 10.0 Å². The summed E-state index contributed by atoms with van der Waals surface area (Å²) in [7, 11) is -4.26. The Hall–Kier alpha value is -1.57. The molecule has 0 bridgehead atoms. The second-order valence-corrected chi connectivity index (χ2v) is 5.77. The average Bonchev–Trinajstić information content (AvgIpc) is 2.27. The van der Waals surface area contributed by atoms with Gasteiger partial charge in [-0.15, -0.1) is 0 Å². The molecule has 1 rings (SSSR count). The molecule has 106 valence electrons. The zero-order valence-electron chi connectivity index (χ0n) is 10.3. The quantitative estimate of drug-likeness (QED) is 0.627. The van der Waals surface area contributed by atoms with Crippen molar-refractivity contribution in [1.82, 2.24) is 4.72 Å². The summed E-state index contributed by atoms with van der Waals surface area (Å²) in [6.07, 6.45) is -4.80. The van der Waals surface area contributed by atoms with Gasteiger partial charge in [0.25, 0.3) is 0 Å². The number of nitrogens with one attached hydrogen (secondary N) is 2. The lowest BCUT2D eigenvalue weighted by atomic mass is 10.4. The molecule has 0 radical (unpaired) electrons. The molecule has 0 saturated heterocycles. The third-order valence-electron chi connectivity index (χ3n) is 2.01. The molecule has 4 nitrogen and oxygen atoms in total. The Bertz CT molecular complexity index is 551. The highest BCUT2D eigenvalue weighted by atomic mass is 32.2. The first kappa shape index (κ1) is 15.5. The normalized spacial score (nSPS) is 13.7. The number of hydrogen-bond acceptors (Lipinski definition) is 2. The maximum atomic E-state index is 12.7. The van der Waals surface area contributed by atoms with E-state index in [1.54, 1.807) is 6.07 Å². The van der Waals surface area contributed by atoms with E-state index in [1.807, 2.05) is 4.99 Å².